The number of cyclic esters (lactones) is 1. The molecule has 5 heteroatoms. The Bertz CT molecular complexity index is 652. The minimum absolute atomic E-state index is 0.0236. The van der Waals surface area contributed by atoms with E-state index in [1.165, 1.54) is 12.8 Å². The molecule has 1 aromatic carbocycles. The minimum atomic E-state index is -0.667. The van der Waals surface area contributed by atoms with Gasteiger partial charge in [0.25, 0.3) is 5.91 Å². The van der Waals surface area contributed by atoms with Crippen LogP contribution in [0.15, 0.2) is 24.3 Å². The fourth-order valence-corrected chi connectivity index (χ4v) is 3.48. The standard InChI is InChI=1S/C19H24N2O3/c1-20(14-6-7-14)10-11-21(15-8-9-15)18(22)17-12-13-4-2-3-5-16(13)19(23)24-17/h2-5,14-15,17H,6-12H2,1H3/t17-/m0/s1. The Kier molecular flexibility index (Phi) is 4.04. The van der Waals surface area contributed by atoms with E-state index in [1.54, 1.807) is 6.07 Å². The normalized spacial score (nSPS) is 22.9. The molecule has 0 aromatic heterocycles. The van der Waals surface area contributed by atoms with Gasteiger partial charge >= 0.3 is 5.97 Å². The zero-order valence-electron chi connectivity index (χ0n) is 14.1. The number of likely N-dealkylation sites (N-methyl/N-ethyl adjacent to an activating group) is 1. The molecule has 24 heavy (non-hydrogen) atoms. The fourth-order valence-electron chi connectivity index (χ4n) is 3.48. The second-order valence-electron chi connectivity index (χ2n) is 7.23. The van der Waals surface area contributed by atoms with Gasteiger partial charge in [-0.2, -0.15) is 0 Å². The van der Waals surface area contributed by atoms with Crippen LogP contribution in [0, 0.1) is 0 Å². The number of amides is 1. The molecule has 2 fully saturated rings. The van der Waals surface area contributed by atoms with Crippen LogP contribution in [0.1, 0.15) is 41.6 Å². The maximum Gasteiger partial charge on any atom is 0.339 e. The van der Waals surface area contributed by atoms with Crippen molar-refractivity contribution >= 4 is 11.9 Å². The third-order valence-electron chi connectivity index (χ3n) is 5.30. The van der Waals surface area contributed by atoms with Gasteiger partial charge in [0.15, 0.2) is 6.10 Å². The number of nitrogens with zero attached hydrogens (tertiary/aromatic N) is 2. The number of carbonyl (C=O) groups excluding carboxylic acids is 2. The molecule has 2 saturated carbocycles. The quantitative estimate of drug-likeness (QED) is 0.748. The van der Waals surface area contributed by atoms with Gasteiger partial charge in [0.1, 0.15) is 0 Å². The number of hydrogen-bond acceptors (Lipinski definition) is 4. The summed E-state index contributed by atoms with van der Waals surface area (Å²) in [6.45, 7) is 1.62. The number of hydrogen-bond donors (Lipinski definition) is 0. The number of ether oxygens (including phenoxy) is 1. The van der Waals surface area contributed by atoms with Crippen LogP contribution in [0.4, 0.5) is 0 Å². The van der Waals surface area contributed by atoms with Gasteiger partial charge in [-0.25, -0.2) is 4.79 Å². The van der Waals surface area contributed by atoms with Crippen LogP contribution in [-0.2, 0) is 16.0 Å². The lowest BCUT2D eigenvalue weighted by Crippen LogP contribution is -2.47. The molecule has 0 saturated heterocycles. The van der Waals surface area contributed by atoms with Crippen molar-refractivity contribution in [2.45, 2.75) is 50.3 Å². The van der Waals surface area contributed by atoms with Crippen LogP contribution in [0.5, 0.6) is 0 Å². The van der Waals surface area contributed by atoms with E-state index in [1.807, 2.05) is 23.1 Å². The fraction of sp³-hybridized carbons (Fsp3) is 0.579. The molecular weight excluding hydrogens is 304 g/mol. The summed E-state index contributed by atoms with van der Waals surface area (Å²) < 4.78 is 5.46. The highest BCUT2D eigenvalue weighted by molar-refractivity contribution is 5.95. The summed E-state index contributed by atoms with van der Waals surface area (Å²) >= 11 is 0. The van der Waals surface area contributed by atoms with E-state index in [4.69, 9.17) is 4.74 Å². The maximum atomic E-state index is 13.0. The first-order valence-corrected chi connectivity index (χ1v) is 8.93. The van der Waals surface area contributed by atoms with Crippen molar-refractivity contribution < 1.29 is 14.3 Å². The van der Waals surface area contributed by atoms with Crippen molar-refractivity contribution in [1.29, 1.82) is 0 Å². The molecule has 0 N–H and O–H groups in total. The van der Waals surface area contributed by atoms with Gasteiger partial charge in [-0.3, -0.25) is 4.79 Å². The smallest absolute Gasteiger partial charge is 0.339 e. The topological polar surface area (TPSA) is 49.9 Å². The predicted octanol–water partition coefficient (Wildman–Crippen LogP) is 1.85. The van der Waals surface area contributed by atoms with Gasteiger partial charge in [-0.1, -0.05) is 18.2 Å². The molecule has 3 aliphatic rings. The zero-order chi connectivity index (χ0) is 16.7. The van der Waals surface area contributed by atoms with Crippen LogP contribution >= 0.6 is 0 Å². The van der Waals surface area contributed by atoms with Crippen molar-refractivity contribution in [2.24, 2.45) is 0 Å². The summed E-state index contributed by atoms with van der Waals surface area (Å²) in [6, 6.07) is 8.44. The number of esters is 1. The molecule has 1 aliphatic heterocycles. The van der Waals surface area contributed by atoms with E-state index in [-0.39, 0.29) is 11.9 Å². The lowest BCUT2D eigenvalue weighted by atomic mass is 9.98. The maximum absolute atomic E-state index is 13.0. The average molecular weight is 328 g/mol. The summed E-state index contributed by atoms with van der Waals surface area (Å²) in [5.74, 6) is -0.398. The number of rotatable bonds is 6. The van der Waals surface area contributed by atoms with Gasteiger partial charge < -0.3 is 14.5 Å². The van der Waals surface area contributed by atoms with Crippen LogP contribution in [0.3, 0.4) is 0 Å². The molecule has 0 unspecified atom stereocenters. The lowest BCUT2D eigenvalue weighted by molar-refractivity contribution is -0.142. The second-order valence-corrected chi connectivity index (χ2v) is 7.23. The first-order valence-electron chi connectivity index (χ1n) is 8.93. The molecule has 5 nitrogen and oxygen atoms in total. The SMILES string of the molecule is CN(CCN(C(=O)[C@@H]1Cc2ccccc2C(=O)O1)C1CC1)C1CC1. The van der Waals surface area contributed by atoms with Crippen molar-refractivity contribution in [2.75, 3.05) is 20.1 Å². The predicted molar refractivity (Wildman–Crippen MR) is 89.7 cm³/mol. The highest BCUT2D eigenvalue weighted by Gasteiger charge is 2.40. The van der Waals surface area contributed by atoms with E-state index in [2.05, 4.69) is 11.9 Å². The molecule has 0 spiro atoms. The Morgan fingerprint density at radius 3 is 2.54 bits per heavy atom. The van der Waals surface area contributed by atoms with Gasteiger partial charge in [0.2, 0.25) is 0 Å². The Morgan fingerprint density at radius 2 is 1.83 bits per heavy atom. The van der Waals surface area contributed by atoms with Crippen molar-refractivity contribution in [3.8, 4) is 0 Å². The summed E-state index contributed by atoms with van der Waals surface area (Å²) in [5, 5.41) is 0. The van der Waals surface area contributed by atoms with E-state index in [9.17, 15) is 9.59 Å². The first-order chi connectivity index (χ1) is 11.6. The third kappa shape index (κ3) is 3.18. The number of carbonyl (C=O) groups is 2. The van der Waals surface area contributed by atoms with Crippen molar-refractivity contribution in [1.82, 2.24) is 9.80 Å². The molecule has 1 aromatic rings. The lowest BCUT2D eigenvalue weighted by Gasteiger charge is -2.31. The summed E-state index contributed by atoms with van der Waals surface area (Å²) in [5.41, 5.74) is 1.51. The van der Waals surface area contributed by atoms with Crippen LogP contribution < -0.4 is 0 Å². The van der Waals surface area contributed by atoms with Gasteiger partial charge in [0, 0.05) is 31.6 Å². The van der Waals surface area contributed by atoms with Crippen LogP contribution in [0.2, 0.25) is 0 Å². The minimum Gasteiger partial charge on any atom is -0.448 e. The molecule has 4 rings (SSSR count). The number of benzene rings is 1. The van der Waals surface area contributed by atoms with E-state index in [0.29, 0.717) is 24.1 Å². The van der Waals surface area contributed by atoms with Crippen molar-refractivity contribution in [3.05, 3.63) is 35.4 Å². The summed E-state index contributed by atoms with van der Waals surface area (Å²) in [6.07, 6.45) is 4.49. The highest BCUT2D eigenvalue weighted by Crippen LogP contribution is 2.30. The summed E-state index contributed by atoms with van der Waals surface area (Å²) in [7, 11) is 2.13. The summed E-state index contributed by atoms with van der Waals surface area (Å²) in [4.78, 5) is 29.4. The Labute approximate surface area is 142 Å². The molecule has 1 atom stereocenters. The molecule has 1 heterocycles. The molecule has 0 radical (unpaired) electrons. The van der Waals surface area contributed by atoms with E-state index >= 15 is 0 Å². The molecule has 128 valence electrons. The monoisotopic (exact) mass is 328 g/mol. The zero-order valence-corrected chi connectivity index (χ0v) is 14.1. The van der Waals surface area contributed by atoms with Gasteiger partial charge in [-0.05, 0) is 44.4 Å². The van der Waals surface area contributed by atoms with E-state index < -0.39 is 6.10 Å². The van der Waals surface area contributed by atoms with Crippen LogP contribution in [0.25, 0.3) is 0 Å². The molecule has 0 bridgehead atoms. The first kappa shape index (κ1) is 15.6. The second kappa shape index (κ2) is 6.20. The average Bonchev–Trinajstić information content (AvgIpc) is 3.47. The molecular formula is C19H24N2O3. The third-order valence-corrected chi connectivity index (χ3v) is 5.30. The van der Waals surface area contributed by atoms with E-state index in [0.717, 1.165) is 31.5 Å². The molecule has 2 aliphatic carbocycles. The van der Waals surface area contributed by atoms with Crippen LogP contribution in [-0.4, -0.2) is 60.0 Å². The van der Waals surface area contributed by atoms with Crippen molar-refractivity contribution in [3.63, 3.8) is 0 Å². The largest absolute Gasteiger partial charge is 0.448 e. The Hall–Kier alpha value is -1.88. The van der Waals surface area contributed by atoms with Gasteiger partial charge in [0.05, 0.1) is 5.56 Å². The van der Waals surface area contributed by atoms with Gasteiger partial charge in [-0.15, -0.1) is 0 Å². The molecule has 1 amide bonds. The Balaban J connectivity index is 1.44. The number of fused-ring (bicyclic) bond motifs is 1. The highest BCUT2D eigenvalue weighted by atomic mass is 16.5. The Morgan fingerprint density at radius 1 is 1.12 bits per heavy atom.